The van der Waals surface area contributed by atoms with Gasteiger partial charge in [0, 0.05) is 0 Å². The van der Waals surface area contributed by atoms with Crippen LogP contribution in [-0.4, -0.2) is 12.1 Å². The number of carbonyl (C=O) groups is 1. The second kappa shape index (κ2) is 5.16. The van der Waals surface area contributed by atoms with Gasteiger partial charge in [-0.05, 0) is 19.8 Å². The van der Waals surface area contributed by atoms with Gasteiger partial charge in [0.1, 0.15) is 6.10 Å². The summed E-state index contributed by atoms with van der Waals surface area (Å²) < 4.78 is 5.06. The third-order valence-electron chi connectivity index (χ3n) is 1.79. The predicted molar refractivity (Wildman–Crippen MR) is 45.0 cm³/mol. The molecule has 1 radical (unpaired) electrons. The molecule has 0 N–H and O–H groups in total. The molecule has 0 saturated carbocycles. The van der Waals surface area contributed by atoms with Gasteiger partial charge in [0.15, 0.2) is 0 Å². The fraction of sp³-hybridized carbons (Fsp3) is 0.778. The van der Waals surface area contributed by atoms with Crippen LogP contribution in [0.5, 0.6) is 0 Å². The van der Waals surface area contributed by atoms with Crippen LogP contribution in [0.2, 0.25) is 0 Å². The summed E-state index contributed by atoms with van der Waals surface area (Å²) in [6.45, 7) is 7.60. The van der Waals surface area contributed by atoms with Gasteiger partial charge in [0.05, 0.1) is 5.92 Å². The molecule has 2 nitrogen and oxygen atoms in total. The van der Waals surface area contributed by atoms with Gasteiger partial charge in [-0.1, -0.05) is 20.8 Å². The van der Waals surface area contributed by atoms with Crippen molar-refractivity contribution in [2.75, 3.05) is 0 Å². The second-order valence-corrected chi connectivity index (χ2v) is 2.78. The molecule has 0 amide bonds. The monoisotopic (exact) mass is 157 g/mol. The Kier molecular flexibility index (Phi) is 4.92. The van der Waals surface area contributed by atoms with Crippen LogP contribution in [0.3, 0.4) is 0 Å². The maximum atomic E-state index is 11.1. The molecule has 0 aromatic heterocycles. The summed E-state index contributed by atoms with van der Waals surface area (Å²) in [5.41, 5.74) is 0. The van der Waals surface area contributed by atoms with Crippen molar-refractivity contribution in [3.63, 3.8) is 0 Å². The van der Waals surface area contributed by atoms with E-state index in [1.54, 1.807) is 0 Å². The van der Waals surface area contributed by atoms with E-state index >= 15 is 0 Å². The van der Waals surface area contributed by atoms with E-state index in [-0.39, 0.29) is 18.0 Å². The molecule has 0 aromatic rings. The van der Waals surface area contributed by atoms with Gasteiger partial charge in [-0.15, -0.1) is 0 Å². The largest absolute Gasteiger partial charge is 0.462 e. The molecular formula is C9H17O2. The molecule has 65 valence electrons. The zero-order chi connectivity index (χ0) is 8.85. The Labute approximate surface area is 68.9 Å². The lowest BCUT2D eigenvalue weighted by Gasteiger charge is -2.13. The van der Waals surface area contributed by atoms with Crippen molar-refractivity contribution >= 4 is 5.97 Å². The quantitative estimate of drug-likeness (QED) is 0.585. The van der Waals surface area contributed by atoms with Crippen molar-refractivity contribution in [2.24, 2.45) is 5.92 Å². The molecule has 0 bridgehead atoms. The SMILES string of the molecule is C[CH][C@@H](C)OC(=O)[C@@H](C)CC. The van der Waals surface area contributed by atoms with Crippen molar-refractivity contribution in [2.45, 2.75) is 40.2 Å². The molecule has 0 aliphatic carbocycles. The van der Waals surface area contributed by atoms with E-state index < -0.39 is 0 Å². The minimum absolute atomic E-state index is 0.0254. The van der Waals surface area contributed by atoms with Gasteiger partial charge in [0.25, 0.3) is 0 Å². The van der Waals surface area contributed by atoms with E-state index in [0.717, 1.165) is 6.42 Å². The third kappa shape index (κ3) is 4.02. The Morgan fingerprint density at radius 1 is 1.55 bits per heavy atom. The van der Waals surface area contributed by atoms with Gasteiger partial charge in [-0.25, -0.2) is 0 Å². The second-order valence-electron chi connectivity index (χ2n) is 2.78. The number of ether oxygens (including phenoxy) is 1. The first-order valence-corrected chi connectivity index (χ1v) is 4.11. The van der Waals surface area contributed by atoms with E-state index in [4.69, 9.17) is 4.74 Å². The van der Waals surface area contributed by atoms with Crippen molar-refractivity contribution in [3.05, 3.63) is 6.42 Å². The number of rotatable bonds is 4. The maximum absolute atomic E-state index is 11.1. The molecule has 2 atom stereocenters. The summed E-state index contributed by atoms with van der Waals surface area (Å²) in [5.74, 6) is -0.0736. The molecule has 0 aliphatic heterocycles. The average Bonchev–Trinajstić information content (AvgIpc) is 2.02. The van der Waals surface area contributed by atoms with Crippen molar-refractivity contribution < 1.29 is 9.53 Å². The summed E-state index contributed by atoms with van der Waals surface area (Å²) in [7, 11) is 0. The average molecular weight is 157 g/mol. The molecule has 2 heteroatoms. The molecular weight excluding hydrogens is 140 g/mol. The Morgan fingerprint density at radius 3 is 2.45 bits per heavy atom. The van der Waals surface area contributed by atoms with Gasteiger partial charge >= 0.3 is 5.97 Å². The van der Waals surface area contributed by atoms with Crippen LogP contribution >= 0.6 is 0 Å². The first-order chi connectivity index (χ1) is 5.11. The fourth-order valence-corrected chi connectivity index (χ4v) is 0.534. The van der Waals surface area contributed by atoms with Crippen LogP contribution < -0.4 is 0 Å². The van der Waals surface area contributed by atoms with Crippen LogP contribution in [0.25, 0.3) is 0 Å². The minimum atomic E-state index is -0.0990. The number of hydrogen-bond donors (Lipinski definition) is 0. The van der Waals surface area contributed by atoms with E-state index in [0.29, 0.717) is 0 Å². The molecule has 0 aliphatic rings. The zero-order valence-electron chi connectivity index (χ0n) is 7.76. The number of hydrogen-bond acceptors (Lipinski definition) is 2. The van der Waals surface area contributed by atoms with Crippen molar-refractivity contribution in [1.29, 1.82) is 0 Å². The third-order valence-corrected chi connectivity index (χ3v) is 1.79. The summed E-state index contributed by atoms with van der Waals surface area (Å²) >= 11 is 0. The van der Waals surface area contributed by atoms with Crippen LogP contribution in [0.1, 0.15) is 34.1 Å². The lowest BCUT2D eigenvalue weighted by atomic mass is 10.1. The highest BCUT2D eigenvalue weighted by atomic mass is 16.5. The Balaban J connectivity index is 3.68. The van der Waals surface area contributed by atoms with Crippen molar-refractivity contribution in [1.82, 2.24) is 0 Å². The molecule has 0 spiro atoms. The fourth-order valence-electron chi connectivity index (χ4n) is 0.534. The number of esters is 1. The van der Waals surface area contributed by atoms with Gasteiger partial charge in [0.2, 0.25) is 0 Å². The first kappa shape index (κ1) is 10.5. The van der Waals surface area contributed by atoms with Crippen LogP contribution in [-0.2, 0) is 9.53 Å². The lowest BCUT2D eigenvalue weighted by molar-refractivity contribution is -0.151. The summed E-state index contributed by atoms with van der Waals surface area (Å²) in [6.07, 6.45) is 2.65. The van der Waals surface area contributed by atoms with E-state index in [9.17, 15) is 4.79 Å². The van der Waals surface area contributed by atoms with E-state index in [1.165, 1.54) is 0 Å². The molecule has 0 aromatic carbocycles. The highest BCUT2D eigenvalue weighted by Crippen LogP contribution is 2.06. The first-order valence-electron chi connectivity index (χ1n) is 4.11. The Hall–Kier alpha value is -0.530. The van der Waals surface area contributed by atoms with E-state index in [1.807, 2.05) is 34.1 Å². The highest BCUT2D eigenvalue weighted by Gasteiger charge is 2.13. The Morgan fingerprint density at radius 2 is 2.09 bits per heavy atom. The molecule has 11 heavy (non-hydrogen) atoms. The van der Waals surface area contributed by atoms with Crippen LogP contribution in [0, 0.1) is 12.3 Å². The summed E-state index contributed by atoms with van der Waals surface area (Å²) in [4.78, 5) is 11.1. The zero-order valence-corrected chi connectivity index (χ0v) is 7.76. The highest BCUT2D eigenvalue weighted by molar-refractivity contribution is 5.72. The normalized spacial score (nSPS) is 15.6. The topological polar surface area (TPSA) is 26.3 Å². The molecule has 0 unspecified atom stereocenters. The van der Waals surface area contributed by atoms with Gasteiger partial charge in [-0.3, -0.25) is 4.79 Å². The smallest absolute Gasteiger partial charge is 0.308 e. The maximum Gasteiger partial charge on any atom is 0.308 e. The van der Waals surface area contributed by atoms with Crippen molar-refractivity contribution in [3.8, 4) is 0 Å². The van der Waals surface area contributed by atoms with Crippen LogP contribution in [0.4, 0.5) is 0 Å². The van der Waals surface area contributed by atoms with Gasteiger partial charge < -0.3 is 4.74 Å². The minimum Gasteiger partial charge on any atom is -0.462 e. The Bertz CT molecular complexity index is 121. The standard InChI is InChI=1S/C9H17O2/c1-5-7(3)9(10)11-8(4)6-2/h6-8H,5H2,1-4H3/t7-,8+/m0/s1. The summed E-state index contributed by atoms with van der Waals surface area (Å²) in [6, 6.07) is 0. The molecule has 0 heterocycles. The van der Waals surface area contributed by atoms with Crippen LogP contribution in [0.15, 0.2) is 0 Å². The van der Waals surface area contributed by atoms with E-state index in [2.05, 4.69) is 0 Å². The molecule has 0 fully saturated rings. The lowest BCUT2D eigenvalue weighted by Crippen LogP contribution is -2.19. The number of carbonyl (C=O) groups excluding carboxylic acids is 1. The summed E-state index contributed by atoms with van der Waals surface area (Å²) in [5, 5.41) is 0. The molecule has 0 saturated heterocycles. The predicted octanol–water partition coefficient (Wildman–Crippen LogP) is 2.19. The molecule has 0 rings (SSSR count). The van der Waals surface area contributed by atoms with Gasteiger partial charge in [-0.2, -0.15) is 0 Å².